The molecule has 1 aliphatic carbocycles. The molecule has 2 rings (SSSR count). The van der Waals surface area contributed by atoms with Gasteiger partial charge >= 0.3 is 0 Å². The number of halogens is 2. The summed E-state index contributed by atoms with van der Waals surface area (Å²) in [6, 6.07) is 1.94. The fourth-order valence-corrected chi connectivity index (χ4v) is 3.04. The van der Waals surface area contributed by atoms with Crippen LogP contribution in [-0.4, -0.2) is 15.0 Å². The van der Waals surface area contributed by atoms with E-state index in [0.717, 1.165) is 25.0 Å². The molecule has 0 aliphatic heterocycles. The molecule has 94 valence electrons. The molecule has 0 heterocycles. The van der Waals surface area contributed by atoms with Crippen molar-refractivity contribution in [3.63, 3.8) is 0 Å². The maximum Gasteiger partial charge on any atom is 0.242 e. The van der Waals surface area contributed by atoms with Gasteiger partial charge < -0.3 is 5.73 Å². The summed E-state index contributed by atoms with van der Waals surface area (Å²) in [6.45, 7) is 0.385. The van der Waals surface area contributed by atoms with Gasteiger partial charge in [-0.1, -0.05) is 11.6 Å². The van der Waals surface area contributed by atoms with E-state index in [2.05, 4.69) is 4.72 Å². The van der Waals surface area contributed by atoms with Crippen molar-refractivity contribution in [3.8, 4) is 0 Å². The van der Waals surface area contributed by atoms with Gasteiger partial charge in [-0.25, -0.2) is 17.5 Å². The largest absolute Gasteiger partial charge is 0.396 e. The third-order valence-electron chi connectivity index (χ3n) is 2.60. The van der Waals surface area contributed by atoms with Gasteiger partial charge in [0.25, 0.3) is 0 Å². The summed E-state index contributed by atoms with van der Waals surface area (Å²) in [5.74, 6) is -0.322. The first-order valence-corrected chi connectivity index (χ1v) is 7.00. The van der Waals surface area contributed by atoms with Crippen LogP contribution in [-0.2, 0) is 10.0 Å². The van der Waals surface area contributed by atoms with E-state index in [9.17, 15) is 12.8 Å². The van der Waals surface area contributed by atoms with Gasteiger partial charge in [0.15, 0.2) is 0 Å². The number of nitrogens with one attached hydrogen (secondary N) is 1. The van der Waals surface area contributed by atoms with Crippen LogP contribution in [0.4, 0.5) is 10.1 Å². The summed E-state index contributed by atoms with van der Waals surface area (Å²) in [5, 5.41) is -0.167. The van der Waals surface area contributed by atoms with Gasteiger partial charge in [0.1, 0.15) is 10.7 Å². The van der Waals surface area contributed by atoms with Crippen molar-refractivity contribution >= 4 is 27.3 Å². The second-order valence-corrected chi connectivity index (χ2v) is 6.24. The Kier molecular flexibility index (Phi) is 3.29. The molecule has 0 amide bonds. The summed E-state index contributed by atoms with van der Waals surface area (Å²) in [6.07, 6.45) is 2.06. The first kappa shape index (κ1) is 12.6. The number of hydrogen-bond acceptors (Lipinski definition) is 3. The molecule has 17 heavy (non-hydrogen) atoms. The molecule has 4 nitrogen and oxygen atoms in total. The molecule has 1 aromatic rings. The zero-order valence-corrected chi connectivity index (χ0v) is 10.5. The van der Waals surface area contributed by atoms with Crippen molar-refractivity contribution in [1.82, 2.24) is 4.72 Å². The van der Waals surface area contributed by atoms with Crippen molar-refractivity contribution in [2.24, 2.45) is 5.92 Å². The summed E-state index contributed by atoms with van der Waals surface area (Å²) >= 11 is 5.70. The average Bonchev–Trinajstić information content (AvgIpc) is 3.04. The normalized spacial score (nSPS) is 16.1. The van der Waals surface area contributed by atoms with Gasteiger partial charge in [0.05, 0.1) is 10.7 Å². The second-order valence-electron chi connectivity index (χ2n) is 4.10. The van der Waals surface area contributed by atoms with Crippen LogP contribution in [0.1, 0.15) is 12.8 Å². The zero-order valence-electron chi connectivity index (χ0n) is 8.91. The maximum absolute atomic E-state index is 13.0. The first-order chi connectivity index (χ1) is 7.90. The van der Waals surface area contributed by atoms with Crippen LogP contribution < -0.4 is 10.5 Å². The highest BCUT2D eigenvalue weighted by atomic mass is 35.5. The molecule has 0 bridgehead atoms. The lowest BCUT2D eigenvalue weighted by molar-refractivity contribution is 0.577. The van der Waals surface area contributed by atoms with Crippen molar-refractivity contribution in [2.45, 2.75) is 17.7 Å². The van der Waals surface area contributed by atoms with E-state index in [4.69, 9.17) is 17.3 Å². The Morgan fingerprint density at radius 3 is 2.71 bits per heavy atom. The van der Waals surface area contributed by atoms with Crippen LogP contribution in [0.2, 0.25) is 5.02 Å². The van der Waals surface area contributed by atoms with Crippen molar-refractivity contribution in [3.05, 3.63) is 23.0 Å². The molecular weight excluding hydrogens is 267 g/mol. The molecule has 0 atom stereocenters. The minimum absolute atomic E-state index is 0.167. The number of rotatable bonds is 4. The molecule has 0 spiro atoms. The Bertz CT molecular complexity index is 543. The molecule has 1 saturated carbocycles. The highest BCUT2D eigenvalue weighted by molar-refractivity contribution is 7.89. The van der Waals surface area contributed by atoms with Crippen LogP contribution >= 0.6 is 11.6 Å². The number of benzene rings is 1. The Morgan fingerprint density at radius 1 is 1.47 bits per heavy atom. The lowest BCUT2D eigenvalue weighted by atomic mass is 10.3. The Balaban J connectivity index is 2.27. The minimum Gasteiger partial charge on any atom is -0.396 e. The number of hydrogen-bond donors (Lipinski definition) is 2. The van der Waals surface area contributed by atoms with Crippen LogP contribution in [0.3, 0.4) is 0 Å². The fourth-order valence-electron chi connectivity index (χ4n) is 1.38. The molecular formula is C10H12ClFN2O2S. The smallest absolute Gasteiger partial charge is 0.242 e. The van der Waals surface area contributed by atoms with Crippen molar-refractivity contribution in [2.75, 3.05) is 12.3 Å². The summed E-state index contributed by atoms with van der Waals surface area (Å²) in [4.78, 5) is -0.182. The summed E-state index contributed by atoms with van der Waals surface area (Å²) in [5.41, 5.74) is 5.09. The predicted molar refractivity (Wildman–Crippen MR) is 63.7 cm³/mol. The van der Waals surface area contributed by atoms with E-state index in [1.165, 1.54) is 0 Å². The SMILES string of the molecule is Nc1cc(S(=O)(=O)NCC2CC2)c(Cl)cc1F. The monoisotopic (exact) mass is 278 g/mol. The van der Waals surface area contributed by atoms with E-state index in [-0.39, 0.29) is 15.6 Å². The van der Waals surface area contributed by atoms with Crippen LogP contribution in [0.25, 0.3) is 0 Å². The lowest BCUT2D eigenvalue weighted by Crippen LogP contribution is -2.26. The van der Waals surface area contributed by atoms with E-state index < -0.39 is 15.8 Å². The van der Waals surface area contributed by atoms with E-state index in [1.54, 1.807) is 0 Å². The zero-order chi connectivity index (χ0) is 12.6. The van der Waals surface area contributed by atoms with Gasteiger partial charge in [0, 0.05) is 6.54 Å². The maximum atomic E-state index is 13.0. The Hall–Kier alpha value is -0.850. The van der Waals surface area contributed by atoms with E-state index in [1.807, 2.05) is 0 Å². The molecule has 0 radical (unpaired) electrons. The molecule has 1 aliphatic rings. The minimum atomic E-state index is -3.71. The van der Waals surface area contributed by atoms with Crippen molar-refractivity contribution in [1.29, 1.82) is 0 Å². The number of nitrogen functional groups attached to an aromatic ring is 1. The molecule has 1 fully saturated rings. The second kappa shape index (κ2) is 4.44. The lowest BCUT2D eigenvalue weighted by Gasteiger charge is -2.09. The molecule has 7 heteroatoms. The topological polar surface area (TPSA) is 72.2 Å². The summed E-state index contributed by atoms with van der Waals surface area (Å²) < 4.78 is 39.2. The van der Waals surface area contributed by atoms with Gasteiger partial charge in [-0.3, -0.25) is 0 Å². The Labute approximate surface area is 104 Å². The highest BCUT2D eigenvalue weighted by Gasteiger charge is 2.26. The predicted octanol–water partition coefficient (Wildman–Crippen LogP) is 1.75. The number of anilines is 1. The highest BCUT2D eigenvalue weighted by Crippen LogP contribution is 2.30. The number of nitrogens with two attached hydrogens (primary N) is 1. The van der Waals surface area contributed by atoms with Gasteiger partial charge in [0.2, 0.25) is 10.0 Å². The standard InChI is InChI=1S/C10H12ClFN2O2S/c11-7-3-8(12)9(13)4-10(7)17(15,16)14-5-6-1-2-6/h3-4,6,14H,1-2,5,13H2. The van der Waals surface area contributed by atoms with Crippen molar-refractivity contribution < 1.29 is 12.8 Å². The average molecular weight is 279 g/mol. The van der Waals surface area contributed by atoms with Gasteiger partial charge in [-0.2, -0.15) is 0 Å². The van der Waals surface area contributed by atoms with E-state index in [0.29, 0.717) is 12.5 Å². The van der Waals surface area contributed by atoms with E-state index >= 15 is 0 Å². The fraction of sp³-hybridized carbons (Fsp3) is 0.400. The Morgan fingerprint density at radius 2 is 2.12 bits per heavy atom. The first-order valence-electron chi connectivity index (χ1n) is 5.14. The summed E-state index contributed by atoms with van der Waals surface area (Å²) in [7, 11) is -3.71. The molecule has 0 unspecified atom stereocenters. The number of sulfonamides is 1. The molecule has 1 aromatic carbocycles. The van der Waals surface area contributed by atoms with Gasteiger partial charge in [-0.15, -0.1) is 0 Å². The molecule has 0 saturated heterocycles. The quantitative estimate of drug-likeness (QED) is 0.824. The van der Waals surface area contributed by atoms with Crippen LogP contribution in [0.15, 0.2) is 17.0 Å². The van der Waals surface area contributed by atoms with Crippen LogP contribution in [0.5, 0.6) is 0 Å². The van der Waals surface area contributed by atoms with Crippen LogP contribution in [0, 0.1) is 11.7 Å². The third-order valence-corrected chi connectivity index (χ3v) is 4.49. The molecule has 3 N–H and O–H groups in total. The van der Waals surface area contributed by atoms with Gasteiger partial charge in [-0.05, 0) is 30.9 Å². The third kappa shape index (κ3) is 2.88. The molecule has 0 aromatic heterocycles.